The molecule has 3 rings (SSSR count). The van der Waals surface area contributed by atoms with Crippen molar-refractivity contribution in [3.8, 4) is 0 Å². The molecule has 0 saturated carbocycles. The predicted molar refractivity (Wildman–Crippen MR) is 120 cm³/mol. The van der Waals surface area contributed by atoms with Gasteiger partial charge in [-0.05, 0) is 0 Å². The van der Waals surface area contributed by atoms with E-state index in [4.69, 9.17) is 3.07 Å². The van der Waals surface area contributed by atoms with Crippen LogP contribution in [0.4, 0.5) is 39.5 Å². The van der Waals surface area contributed by atoms with Crippen LogP contribution in [0.1, 0.15) is 37.5 Å². The molecule has 0 saturated heterocycles. The molecule has 0 N–H and O–H groups in total. The van der Waals surface area contributed by atoms with Crippen molar-refractivity contribution in [3.63, 3.8) is 0 Å². The fourth-order valence-corrected chi connectivity index (χ4v) is 15.7. The van der Waals surface area contributed by atoms with Gasteiger partial charge in [0.15, 0.2) is 0 Å². The molecule has 0 aliphatic carbocycles. The summed E-state index contributed by atoms with van der Waals surface area (Å²) in [4.78, 5) is 0. The molecule has 0 heterocycles. The van der Waals surface area contributed by atoms with Gasteiger partial charge in [-0.25, -0.2) is 0 Å². The third-order valence-corrected chi connectivity index (χ3v) is 17.8. The van der Waals surface area contributed by atoms with Crippen LogP contribution in [0.25, 0.3) is 0 Å². The Morgan fingerprint density at radius 2 is 0.667 bits per heavy atom. The van der Waals surface area contributed by atoms with Gasteiger partial charge in [-0.3, -0.25) is 0 Å². The fourth-order valence-electron chi connectivity index (χ4n) is 3.82. The van der Waals surface area contributed by atoms with Crippen LogP contribution in [0.5, 0.6) is 0 Å². The van der Waals surface area contributed by atoms with Gasteiger partial charge in [0.1, 0.15) is 0 Å². The van der Waals surface area contributed by atoms with E-state index in [0.717, 1.165) is 36.4 Å². The monoisotopic (exact) mass is 628 g/mol. The van der Waals surface area contributed by atoms with E-state index in [1.807, 2.05) is 0 Å². The van der Waals surface area contributed by atoms with Crippen molar-refractivity contribution < 1.29 is 42.6 Å². The average molecular weight is 627 g/mol. The van der Waals surface area contributed by atoms with Crippen LogP contribution in [-0.2, 0) is 21.6 Å². The molecule has 0 bridgehead atoms. The van der Waals surface area contributed by atoms with E-state index in [9.17, 15) is 39.5 Å². The summed E-state index contributed by atoms with van der Waals surface area (Å²) in [5, 5.41) is 0. The summed E-state index contributed by atoms with van der Waals surface area (Å²) in [5.41, 5.74) is -3.77. The number of rotatable bonds is 4. The molecule has 11 heteroatoms. The van der Waals surface area contributed by atoms with Crippen LogP contribution in [0.2, 0.25) is 0 Å². The maximum absolute atomic E-state index is 13.2. The van der Waals surface area contributed by atoms with Crippen molar-refractivity contribution in [1.82, 2.24) is 0 Å². The molecule has 0 aliphatic rings. The summed E-state index contributed by atoms with van der Waals surface area (Å²) < 4.78 is 126. The predicted octanol–water partition coefficient (Wildman–Crippen LogP) is 6.53. The van der Waals surface area contributed by atoms with Gasteiger partial charge in [0.2, 0.25) is 0 Å². The van der Waals surface area contributed by atoms with E-state index in [0.29, 0.717) is 10.7 Å². The van der Waals surface area contributed by atoms with Gasteiger partial charge in [-0.2, -0.15) is 0 Å². The summed E-state index contributed by atoms with van der Waals surface area (Å²) >= 11 is -4.97. The van der Waals surface area contributed by atoms with E-state index < -0.39 is 59.6 Å². The molecule has 3 aromatic rings. The molecule has 0 fully saturated rings. The Morgan fingerprint density at radius 1 is 0.444 bits per heavy atom. The molecule has 0 amide bonds. The zero-order valence-corrected chi connectivity index (χ0v) is 22.1. The molecular weight excluding hydrogens is 606 g/mol. The number of hydrogen-bond acceptors (Lipinski definition) is 1. The van der Waals surface area contributed by atoms with Crippen LogP contribution in [0, 0.1) is 0 Å². The first kappa shape index (κ1) is 28.4. The molecule has 36 heavy (non-hydrogen) atoms. The van der Waals surface area contributed by atoms with E-state index >= 15 is 0 Å². The van der Waals surface area contributed by atoms with Crippen LogP contribution in [0.3, 0.4) is 0 Å². The van der Waals surface area contributed by atoms with E-state index in [2.05, 4.69) is 0 Å². The maximum atomic E-state index is 13.2. The Labute approximate surface area is 206 Å². The van der Waals surface area contributed by atoms with Crippen LogP contribution >= 0.6 is 0 Å². The van der Waals surface area contributed by atoms with Gasteiger partial charge in [-0.1, -0.05) is 0 Å². The zero-order chi connectivity index (χ0) is 27.2. The first-order valence-corrected chi connectivity index (χ1v) is 16.0. The second kappa shape index (κ2) is 9.59. The second-order valence-electron chi connectivity index (χ2n) is 9.12. The van der Waals surface area contributed by atoms with Crippen molar-refractivity contribution in [2.24, 2.45) is 0 Å². The van der Waals surface area contributed by atoms with Gasteiger partial charge < -0.3 is 0 Å². The summed E-state index contributed by atoms with van der Waals surface area (Å²) in [6.07, 6.45) is -13.9. The molecule has 0 radical (unpaired) electrons. The minimum absolute atomic E-state index is 0.298. The van der Waals surface area contributed by atoms with E-state index in [-0.39, 0.29) is 0 Å². The third-order valence-electron chi connectivity index (χ3n) is 5.32. The molecule has 3 aromatic carbocycles. The van der Waals surface area contributed by atoms with Gasteiger partial charge in [-0.15, -0.1) is 0 Å². The van der Waals surface area contributed by atoms with Crippen LogP contribution < -0.4 is 10.7 Å². The molecule has 194 valence electrons. The van der Waals surface area contributed by atoms with E-state index in [1.165, 1.54) is 36.4 Å². The molecule has 0 atom stereocenters. The fraction of sp³-hybridized carbons (Fsp3) is 0.280. The van der Waals surface area contributed by atoms with Crippen LogP contribution in [-0.4, -0.2) is 24.4 Å². The number of hydrogen-bond donors (Lipinski definition) is 0. The Morgan fingerprint density at radius 3 is 0.833 bits per heavy atom. The van der Waals surface area contributed by atoms with Gasteiger partial charge in [0.05, 0.1) is 0 Å². The van der Waals surface area contributed by atoms with Crippen molar-refractivity contribution in [2.45, 2.75) is 44.9 Å². The summed E-state index contributed by atoms with van der Waals surface area (Å²) in [6, 6.07) is 12.2. The minimum atomic E-state index is -4.97. The zero-order valence-electron chi connectivity index (χ0n) is 19.2. The molecule has 0 aromatic heterocycles. The van der Waals surface area contributed by atoms with Gasteiger partial charge >= 0.3 is 207 Å². The summed E-state index contributed by atoms with van der Waals surface area (Å²) in [7, 11) is 0. The first-order chi connectivity index (χ1) is 16.3. The summed E-state index contributed by atoms with van der Waals surface area (Å²) in [6.45, 7) is 4.99. The Bertz CT molecular complexity index is 1030. The normalized spacial score (nSPS) is 13.7. The number of halogens is 9. The third kappa shape index (κ3) is 6.19. The average Bonchev–Trinajstić information content (AvgIpc) is 2.75. The van der Waals surface area contributed by atoms with E-state index in [1.54, 1.807) is 20.8 Å². The quantitative estimate of drug-likeness (QED) is 0.237. The molecule has 0 unspecified atom stereocenters. The van der Waals surface area contributed by atoms with Crippen molar-refractivity contribution in [2.75, 3.05) is 0 Å². The Balaban J connectivity index is 2.34. The molecule has 0 spiro atoms. The Kier molecular flexibility index (Phi) is 7.55. The number of benzene rings is 3. The molecule has 1 nitrogen and oxygen atoms in total. The van der Waals surface area contributed by atoms with Crippen LogP contribution in [0.15, 0.2) is 72.8 Å². The summed E-state index contributed by atoms with van der Waals surface area (Å²) in [5.74, 6) is 0. The molecular formula is C25H21F9OSn. The first-order valence-electron chi connectivity index (χ1n) is 10.6. The standard InChI is InChI=1S/3C7H4F3.C4H9O.Sn/c3*8-7(9,10)6-4-2-1-3-5-6;1-4(2,3)5;/h3*2-5H;1-3H3;/q;;;-1;+1. The Hall–Kier alpha value is -2.21. The van der Waals surface area contributed by atoms with Crippen molar-refractivity contribution >= 4 is 29.5 Å². The van der Waals surface area contributed by atoms with Gasteiger partial charge in [0, 0.05) is 0 Å². The van der Waals surface area contributed by atoms with Gasteiger partial charge in [0.25, 0.3) is 0 Å². The van der Waals surface area contributed by atoms with Crippen molar-refractivity contribution in [3.05, 3.63) is 89.5 Å². The number of alkyl halides is 9. The van der Waals surface area contributed by atoms with Crippen molar-refractivity contribution in [1.29, 1.82) is 0 Å². The second-order valence-corrected chi connectivity index (χ2v) is 18.5. The molecule has 0 aliphatic heterocycles. The topological polar surface area (TPSA) is 9.23 Å². The SMILES string of the molecule is CC(C)(C)[O][Sn]([c]1ccc(C(F)(F)F)cc1)([c]1ccc(C(F)(F)F)cc1)[c]1ccc(C(F)(F)F)cc1.